The second kappa shape index (κ2) is 5.29. The van der Waals surface area contributed by atoms with Gasteiger partial charge in [-0.2, -0.15) is 0 Å². The molecule has 3 aromatic rings. The van der Waals surface area contributed by atoms with E-state index >= 15 is 0 Å². The predicted molar refractivity (Wildman–Crippen MR) is 72.8 cm³/mol. The average Bonchev–Trinajstić information content (AvgIpc) is 2.85. The molecule has 0 fully saturated rings. The van der Waals surface area contributed by atoms with Crippen LogP contribution in [0.15, 0.2) is 41.8 Å². The van der Waals surface area contributed by atoms with Crippen LogP contribution in [0.25, 0.3) is 21.8 Å². The molecule has 0 aliphatic rings. The SMILES string of the molecule is Fc1cc(F)cc(-c2csc(-c3cc(F)cc(F)c3)n2)c1. The lowest BCUT2D eigenvalue weighted by Gasteiger charge is -1.99. The van der Waals surface area contributed by atoms with Crippen molar-refractivity contribution in [2.45, 2.75) is 0 Å². The Labute approximate surface area is 121 Å². The molecule has 2 aromatic carbocycles. The Morgan fingerprint density at radius 2 is 1.14 bits per heavy atom. The molecule has 0 aliphatic carbocycles. The molecule has 0 saturated carbocycles. The van der Waals surface area contributed by atoms with Crippen LogP contribution in [0.1, 0.15) is 0 Å². The largest absolute Gasteiger partial charge is 0.236 e. The number of thiazole rings is 1. The highest BCUT2D eigenvalue weighted by atomic mass is 32.1. The Morgan fingerprint density at radius 1 is 0.667 bits per heavy atom. The summed E-state index contributed by atoms with van der Waals surface area (Å²) < 4.78 is 52.7. The second-order valence-corrected chi connectivity index (χ2v) is 5.21. The van der Waals surface area contributed by atoms with Crippen molar-refractivity contribution in [3.8, 4) is 21.8 Å². The normalized spacial score (nSPS) is 10.9. The van der Waals surface area contributed by atoms with Gasteiger partial charge in [0.2, 0.25) is 0 Å². The fourth-order valence-corrected chi connectivity index (χ4v) is 2.73. The van der Waals surface area contributed by atoms with E-state index in [0.717, 1.165) is 47.7 Å². The highest BCUT2D eigenvalue weighted by molar-refractivity contribution is 7.13. The third-order valence-electron chi connectivity index (χ3n) is 2.77. The van der Waals surface area contributed by atoms with Gasteiger partial charge in [-0.25, -0.2) is 22.5 Å². The first-order chi connectivity index (χ1) is 10.0. The van der Waals surface area contributed by atoms with Gasteiger partial charge in [0.1, 0.15) is 28.3 Å². The lowest BCUT2D eigenvalue weighted by molar-refractivity contribution is 0.583. The van der Waals surface area contributed by atoms with Crippen molar-refractivity contribution in [3.63, 3.8) is 0 Å². The van der Waals surface area contributed by atoms with E-state index in [1.54, 1.807) is 5.38 Å². The van der Waals surface area contributed by atoms with E-state index in [0.29, 0.717) is 10.7 Å². The number of hydrogen-bond donors (Lipinski definition) is 0. The van der Waals surface area contributed by atoms with E-state index in [9.17, 15) is 17.6 Å². The van der Waals surface area contributed by atoms with Crippen LogP contribution in [0.2, 0.25) is 0 Å². The number of aromatic nitrogens is 1. The van der Waals surface area contributed by atoms with Gasteiger partial charge >= 0.3 is 0 Å². The molecule has 3 rings (SSSR count). The molecule has 1 nitrogen and oxygen atoms in total. The van der Waals surface area contributed by atoms with Crippen molar-refractivity contribution in [1.29, 1.82) is 0 Å². The van der Waals surface area contributed by atoms with Crippen LogP contribution in [0.3, 0.4) is 0 Å². The summed E-state index contributed by atoms with van der Waals surface area (Å²) in [6.07, 6.45) is 0. The van der Waals surface area contributed by atoms with Crippen LogP contribution >= 0.6 is 11.3 Å². The molecule has 21 heavy (non-hydrogen) atoms. The van der Waals surface area contributed by atoms with Crippen LogP contribution in [0.5, 0.6) is 0 Å². The van der Waals surface area contributed by atoms with E-state index in [2.05, 4.69) is 4.98 Å². The lowest BCUT2D eigenvalue weighted by Crippen LogP contribution is -1.86. The van der Waals surface area contributed by atoms with Gasteiger partial charge in [0.15, 0.2) is 0 Å². The van der Waals surface area contributed by atoms with Gasteiger partial charge in [-0.3, -0.25) is 0 Å². The van der Waals surface area contributed by atoms with Gasteiger partial charge in [-0.15, -0.1) is 11.3 Å². The summed E-state index contributed by atoms with van der Waals surface area (Å²) in [4.78, 5) is 4.17. The van der Waals surface area contributed by atoms with Crippen molar-refractivity contribution < 1.29 is 17.6 Å². The fourth-order valence-electron chi connectivity index (χ4n) is 1.92. The summed E-state index contributed by atoms with van der Waals surface area (Å²) >= 11 is 1.14. The monoisotopic (exact) mass is 309 g/mol. The second-order valence-electron chi connectivity index (χ2n) is 4.35. The minimum Gasteiger partial charge on any atom is -0.236 e. The molecular formula is C15H7F4NS. The molecule has 0 spiro atoms. The van der Waals surface area contributed by atoms with E-state index in [-0.39, 0.29) is 11.1 Å². The zero-order valence-electron chi connectivity index (χ0n) is 10.4. The smallest absolute Gasteiger partial charge is 0.126 e. The maximum atomic E-state index is 13.2. The number of benzene rings is 2. The summed E-state index contributed by atoms with van der Waals surface area (Å²) in [5.41, 5.74) is 0.894. The predicted octanol–water partition coefficient (Wildman–Crippen LogP) is 5.03. The van der Waals surface area contributed by atoms with Gasteiger partial charge in [0.05, 0.1) is 5.69 Å². The van der Waals surface area contributed by atoms with Gasteiger partial charge < -0.3 is 0 Å². The molecule has 0 saturated heterocycles. The van der Waals surface area contributed by atoms with Crippen molar-refractivity contribution in [2.24, 2.45) is 0 Å². The highest BCUT2D eigenvalue weighted by Crippen LogP contribution is 2.30. The van der Waals surface area contributed by atoms with Crippen LogP contribution < -0.4 is 0 Å². The lowest BCUT2D eigenvalue weighted by atomic mass is 10.1. The van der Waals surface area contributed by atoms with Gasteiger partial charge in [0, 0.05) is 28.6 Å². The highest BCUT2D eigenvalue weighted by Gasteiger charge is 2.11. The van der Waals surface area contributed by atoms with Crippen molar-refractivity contribution in [1.82, 2.24) is 4.98 Å². The topological polar surface area (TPSA) is 12.9 Å². The molecular weight excluding hydrogens is 302 g/mol. The Kier molecular flexibility index (Phi) is 3.47. The zero-order chi connectivity index (χ0) is 15.0. The Hall–Kier alpha value is -2.21. The molecule has 0 unspecified atom stereocenters. The Morgan fingerprint density at radius 3 is 1.67 bits per heavy atom. The van der Waals surface area contributed by atoms with Gasteiger partial charge in [-0.1, -0.05) is 0 Å². The molecule has 106 valence electrons. The molecule has 0 atom stereocenters. The molecule has 6 heteroatoms. The molecule has 0 radical (unpaired) electrons. The first kappa shape index (κ1) is 13.8. The Balaban J connectivity index is 2.03. The number of nitrogens with zero attached hydrogens (tertiary/aromatic N) is 1. The number of halogens is 4. The van der Waals surface area contributed by atoms with Crippen LogP contribution in [0, 0.1) is 23.3 Å². The summed E-state index contributed by atoms with van der Waals surface area (Å²) in [6, 6.07) is 6.12. The molecule has 0 aliphatic heterocycles. The number of rotatable bonds is 2. The maximum Gasteiger partial charge on any atom is 0.126 e. The average molecular weight is 309 g/mol. The van der Waals surface area contributed by atoms with Crippen LogP contribution in [-0.4, -0.2) is 4.98 Å². The molecule has 0 amide bonds. The Bertz CT molecular complexity index is 707. The maximum absolute atomic E-state index is 13.2. The summed E-state index contributed by atoms with van der Waals surface area (Å²) in [5.74, 6) is -2.84. The van der Waals surface area contributed by atoms with Gasteiger partial charge in [-0.05, 0) is 24.3 Å². The third kappa shape index (κ3) is 2.95. The summed E-state index contributed by atoms with van der Waals surface area (Å²) in [7, 11) is 0. The minimum absolute atomic E-state index is 0.270. The first-order valence-corrected chi connectivity index (χ1v) is 6.78. The van der Waals surface area contributed by atoms with Crippen molar-refractivity contribution >= 4 is 11.3 Å². The summed E-state index contributed by atoms with van der Waals surface area (Å²) in [5, 5.41) is 1.94. The first-order valence-electron chi connectivity index (χ1n) is 5.90. The minimum atomic E-state index is -0.712. The van der Waals surface area contributed by atoms with E-state index in [1.807, 2.05) is 0 Å². The molecule has 1 heterocycles. The van der Waals surface area contributed by atoms with E-state index in [4.69, 9.17) is 0 Å². The van der Waals surface area contributed by atoms with Crippen molar-refractivity contribution in [2.75, 3.05) is 0 Å². The summed E-state index contributed by atoms with van der Waals surface area (Å²) in [6.45, 7) is 0. The van der Waals surface area contributed by atoms with Crippen LogP contribution in [0.4, 0.5) is 17.6 Å². The molecule has 1 aromatic heterocycles. The standard InChI is InChI=1S/C15H7F4NS/c16-10-1-8(2-11(17)5-10)14-7-21-15(20-14)9-3-12(18)6-13(19)4-9/h1-7H. The van der Waals surface area contributed by atoms with E-state index < -0.39 is 23.3 Å². The third-order valence-corrected chi connectivity index (χ3v) is 3.66. The van der Waals surface area contributed by atoms with E-state index in [1.165, 1.54) is 0 Å². The zero-order valence-corrected chi connectivity index (χ0v) is 11.2. The van der Waals surface area contributed by atoms with Crippen molar-refractivity contribution in [3.05, 3.63) is 65.0 Å². The van der Waals surface area contributed by atoms with Gasteiger partial charge in [0.25, 0.3) is 0 Å². The quantitative estimate of drug-likeness (QED) is 0.605. The molecule has 0 N–H and O–H groups in total. The number of hydrogen-bond acceptors (Lipinski definition) is 2. The van der Waals surface area contributed by atoms with Crippen LogP contribution in [-0.2, 0) is 0 Å². The fraction of sp³-hybridized carbons (Fsp3) is 0. The molecule has 0 bridgehead atoms.